The van der Waals surface area contributed by atoms with E-state index in [1.165, 1.54) is 15.6 Å². The number of rotatable bonds is 7. The summed E-state index contributed by atoms with van der Waals surface area (Å²) >= 11 is 0. The largest absolute Gasteiger partial charge is 0.377 e. The number of methoxy groups -OCH3 is 1. The Morgan fingerprint density at radius 3 is 2.67 bits per heavy atom. The van der Waals surface area contributed by atoms with Gasteiger partial charge in [-0.3, -0.25) is 4.57 Å². The van der Waals surface area contributed by atoms with Gasteiger partial charge in [-0.05, 0) is 26.8 Å². The van der Waals surface area contributed by atoms with Gasteiger partial charge in [0.1, 0.15) is 6.33 Å². The zero-order valence-corrected chi connectivity index (χ0v) is 11.9. The molecule has 104 valence electrons. The van der Waals surface area contributed by atoms with Crippen LogP contribution in [0.2, 0.25) is 0 Å². The zero-order valence-electron chi connectivity index (χ0n) is 11.9. The third-order valence-electron chi connectivity index (χ3n) is 3.25. The van der Waals surface area contributed by atoms with Crippen molar-refractivity contribution in [3.63, 3.8) is 0 Å². The molecule has 1 aromatic heterocycles. The topological polar surface area (TPSA) is 61.1 Å². The molecule has 1 unspecified atom stereocenters. The Morgan fingerprint density at radius 2 is 2.22 bits per heavy atom. The minimum absolute atomic E-state index is 0.0371. The number of nitrogens with zero attached hydrogens (tertiary/aromatic N) is 3. The van der Waals surface area contributed by atoms with Crippen LogP contribution in [0.5, 0.6) is 0 Å². The van der Waals surface area contributed by atoms with Crippen LogP contribution in [0.15, 0.2) is 11.1 Å². The first kappa shape index (κ1) is 14.9. The van der Waals surface area contributed by atoms with Crippen LogP contribution in [-0.4, -0.2) is 39.6 Å². The SMILES string of the molecule is CCCNC(Cn1ncn(C)c1=O)C(C)(C)OC. The van der Waals surface area contributed by atoms with E-state index in [9.17, 15) is 4.79 Å². The monoisotopic (exact) mass is 256 g/mol. The predicted molar refractivity (Wildman–Crippen MR) is 70.6 cm³/mol. The van der Waals surface area contributed by atoms with Gasteiger partial charge in [-0.1, -0.05) is 6.92 Å². The van der Waals surface area contributed by atoms with E-state index < -0.39 is 0 Å². The van der Waals surface area contributed by atoms with Crippen LogP contribution in [0, 0.1) is 0 Å². The third kappa shape index (κ3) is 3.43. The molecule has 6 heteroatoms. The van der Waals surface area contributed by atoms with Crippen LogP contribution in [0.3, 0.4) is 0 Å². The van der Waals surface area contributed by atoms with Gasteiger partial charge in [-0.15, -0.1) is 0 Å². The van der Waals surface area contributed by atoms with Gasteiger partial charge in [-0.25, -0.2) is 9.48 Å². The van der Waals surface area contributed by atoms with Crippen LogP contribution in [0.4, 0.5) is 0 Å². The molecule has 18 heavy (non-hydrogen) atoms. The Kier molecular flexibility index (Phi) is 5.10. The second kappa shape index (κ2) is 6.15. The maximum absolute atomic E-state index is 11.8. The molecule has 0 spiro atoms. The predicted octanol–water partition coefficient (Wildman–Crippen LogP) is 0.375. The second-order valence-electron chi connectivity index (χ2n) is 5.02. The molecule has 1 rings (SSSR count). The van der Waals surface area contributed by atoms with Crippen molar-refractivity contribution in [2.45, 2.75) is 45.4 Å². The van der Waals surface area contributed by atoms with Crippen LogP contribution in [0.25, 0.3) is 0 Å². The lowest BCUT2D eigenvalue weighted by atomic mass is 9.98. The Bertz CT molecular complexity index is 422. The first-order valence-corrected chi connectivity index (χ1v) is 6.29. The first-order valence-electron chi connectivity index (χ1n) is 6.29. The molecule has 1 atom stereocenters. The van der Waals surface area contributed by atoms with Crippen molar-refractivity contribution in [1.29, 1.82) is 0 Å². The number of hydrogen-bond acceptors (Lipinski definition) is 4. The molecule has 0 aliphatic carbocycles. The van der Waals surface area contributed by atoms with Crippen molar-refractivity contribution in [3.8, 4) is 0 Å². The van der Waals surface area contributed by atoms with E-state index in [0.717, 1.165) is 13.0 Å². The zero-order chi connectivity index (χ0) is 13.8. The molecule has 1 heterocycles. The average molecular weight is 256 g/mol. The molecule has 1 N–H and O–H groups in total. The van der Waals surface area contributed by atoms with E-state index in [2.05, 4.69) is 17.3 Å². The van der Waals surface area contributed by atoms with Gasteiger partial charge >= 0.3 is 5.69 Å². The molecular formula is C12H24N4O2. The van der Waals surface area contributed by atoms with E-state index in [0.29, 0.717) is 6.54 Å². The number of nitrogens with one attached hydrogen (secondary N) is 1. The summed E-state index contributed by atoms with van der Waals surface area (Å²) in [5, 5.41) is 7.49. The van der Waals surface area contributed by atoms with Gasteiger partial charge in [0.05, 0.1) is 18.2 Å². The fraction of sp³-hybridized carbons (Fsp3) is 0.833. The minimum Gasteiger partial charge on any atom is -0.377 e. The quantitative estimate of drug-likeness (QED) is 0.766. The Hall–Kier alpha value is -1.14. The molecule has 0 amide bonds. The Balaban J connectivity index is 2.84. The molecule has 0 bridgehead atoms. The molecular weight excluding hydrogens is 232 g/mol. The molecule has 0 aromatic carbocycles. The smallest absolute Gasteiger partial charge is 0.345 e. The number of aryl methyl sites for hydroxylation is 1. The summed E-state index contributed by atoms with van der Waals surface area (Å²) in [5.41, 5.74) is -0.461. The highest BCUT2D eigenvalue weighted by Crippen LogP contribution is 2.14. The van der Waals surface area contributed by atoms with Crippen LogP contribution in [0.1, 0.15) is 27.2 Å². The van der Waals surface area contributed by atoms with Crippen LogP contribution < -0.4 is 11.0 Å². The van der Waals surface area contributed by atoms with E-state index in [4.69, 9.17) is 4.74 Å². The normalized spacial score (nSPS) is 13.8. The summed E-state index contributed by atoms with van der Waals surface area (Å²) in [7, 11) is 3.38. The summed E-state index contributed by atoms with van der Waals surface area (Å²) in [6.45, 7) is 7.51. The number of aromatic nitrogens is 3. The third-order valence-corrected chi connectivity index (χ3v) is 3.25. The van der Waals surface area contributed by atoms with Crippen molar-refractivity contribution < 1.29 is 4.74 Å². The lowest BCUT2D eigenvalue weighted by molar-refractivity contribution is -0.0160. The van der Waals surface area contributed by atoms with Crippen LogP contribution in [-0.2, 0) is 18.3 Å². The van der Waals surface area contributed by atoms with E-state index >= 15 is 0 Å². The van der Waals surface area contributed by atoms with E-state index in [-0.39, 0.29) is 17.3 Å². The molecule has 6 nitrogen and oxygen atoms in total. The summed E-state index contributed by atoms with van der Waals surface area (Å²) in [6.07, 6.45) is 2.56. The van der Waals surface area contributed by atoms with E-state index in [1.807, 2.05) is 13.8 Å². The molecule has 0 saturated heterocycles. The first-order chi connectivity index (χ1) is 8.42. The standard InChI is InChI=1S/C12H24N4O2/c1-6-7-13-10(12(2,3)18-5)8-16-11(17)15(4)9-14-16/h9-10,13H,6-8H2,1-5H3. The average Bonchev–Trinajstić information content (AvgIpc) is 2.65. The van der Waals surface area contributed by atoms with Crippen molar-refractivity contribution in [2.75, 3.05) is 13.7 Å². The summed E-state index contributed by atoms with van der Waals surface area (Å²) in [4.78, 5) is 11.8. The second-order valence-corrected chi connectivity index (χ2v) is 5.02. The van der Waals surface area contributed by atoms with Gasteiger partial charge in [0.2, 0.25) is 0 Å². The molecule has 1 aromatic rings. The summed E-state index contributed by atoms with van der Waals surface area (Å²) in [5.74, 6) is 0. The molecule has 0 saturated carbocycles. The highest BCUT2D eigenvalue weighted by atomic mass is 16.5. The highest BCUT2D eigenvalue weighted by molar-refractivity contribution is 4.86. The lowest BCUT2D eigenvalue weighted by Crippen LogP contribution is -2.52. The van der Waals surface area contributed by atoms with Crippen molar-refractivity contribution >= 4 is 0 Å². The van der Waals surface area contributed by atoms with Crippen molar-refractivity contribution in [3.05, 3.63) is 16.8 Å². The maximum Gasteiger partial charge on any atom is 0.345 e. The van der Waals surface area contributed by atoms with Gasteiger partial charge in [-0.2, -0.15) is 5.10 Å². The molecule has 0 aliphatic rings. The maximum atomic E-state index is 11.8. The van der Waals surface area contributed by atoms with Crippen molar-refractivity contribution in [1.82, 2.24) is 19.7 Å². The molecule has 0 fully saturated rings. The lowest BCUT2D eigenvalue weighted by Gasteiger charge is -2.33. The minimum atomic E-state index is -0.355. The fourth-order valence-corrected chi connectivity index (χ4v) is 1.71. The Morgan fingerprint density at radius 1 is 1.56 bits per heavy atom. The van der Waals surface area contributed by atoms with Gasteiger partial charge in [0, 0.05) is 14.2 Å². The van der Waals surface area contributed by atoms with Gasteiger partial charge in [0.25, 0.3) is 0 Å². The van der Waals surface area contributed by atoms with Crippen LogP contribution >= 0.6 is 0 Å². The Labute approximate surface area is 108 Å². The number of ether oxygens (including phenoxy) is 1. The highest BCUT2D eigenvalue weighted by Gasteiger charge is 2.29. The van der Waals surface area contributed by atoms with Gasteiger partial charge < -0.3 is 10.1 Å². The molecule has 0 radical (unpaired) electrons. The summed E-state index contributed by atoms with van der Waals surface area (Å²) in [6, 6.07) is 0.0371. The molecule has 0 aliphatic heterocycles. The van der Waals surface area contributed by atoms with Crippen molar-refractivity contribution in [2.24, 2.45) is 7.05 Å². The number of hydrogen-bond donors (Lipinski definition) is 1. The fourth-order valence-electron chi connectivity index (χ4n) is 1.71. The summed E-state index contributed by atoms with van der Waals surface area (Å²) < 4.78 is 8.44. The van der Waals surface area contributed by atoms with Gasteiger partial charge in [0.15, 0.2) is 0 Å². The van der Waals surface area contributed by atoms with E-state index in [1.54, 1.807) is 14.2 Å².